The van der Waals surface area contributed by atoms with Crippen molar-refractivity contribution in [3.63, 3.8) is 0 Å². The number of benzene rings is 2. The van der Waals surface area contributed by atoms with Crippen LogP contribution in [0, 0.1) is 5.82 Å². The van der Waals surface area contributed by atoms with Gasteiger partial charge < -0.3 is 14.4 Å². The summed E-state index contributed by atoms with van der Waals surface area (Å²) in [5.41, 5.74) is -1.03. The van der Waals surface area contributed by atoms with Crippen molar-refractivity contribution in [2.45, 2.75) is 25.6 Å². The smallest absolute Gasteiger partial charge is 0.416 e. The molecule has 1 unspecified atom stereocenters. The number of rotatable bonds is 6. The lowest BCUT2D eigenvalue weighted by Crippen LogP contribution is -2.48. The number of carbonyl (C=O) groups excluding carboxylic acids is 2. The van der Waals surface area contributed by atoms with Gasteiger partial charge in [0.1, 0.15) is 24.3 Å². The number of carbonyl (C=O) groups is 2. The van der Waals surface area contributed by atoms with E-state index in [9.17, 15) is 27.2 Å². The van der Waals surface area contributed by atoms with Gasteiger partial charge >= 0.3 is 6.18 Å². The summed E-state index contributed by atoms with van der Waals surface area (Å²) in [5.74, 6) is -1.27. The summed E-state index contributed by atoms with van der Waals surface area (Å²) >= 11 is 5.83. The third kappa shape index (κ3) is 5.98. The molecule has 0 radical (unpaired) electrons. The standard InChI is InChI=1S/C22H20ClF4NO4/c1-13(29)18-10-16(24)3-5-20(18)32-12-17-11-28(6-7-31-17)21(30)9-14-8-15(23)2-4-19(14)22(25,26)27/h2-5,8,10,17H,6-7,9,11-12H2,1H3. The Bertz CT molecular complexity index is 1010. The molecule has 1 atom stereocenters. The number of ether oxygens (including phenoxy) is 2. The summed E-state index contributed by atoms with van der Waals surface area (Å²) in [6.45, 7) is 1.74. The van der Waals surface area contributed by atoms with Gasteiger partial charge in [0.15, 0.2) is 5.78 Å². The molecule has 1 fully saturated rings. The Morgan fingerprint density at radius 2 is 1.97 bits per heavy atom. The molecule has 1 aliphatic heterocycles. The fourth-order valence-electron chi connectivity index (χ4n) is 3.39. The molecule has 0 saturated carbocycles. The molecule has 0 aromatic heterocycles. The predicted molar refractivity (Wildman–Crippen MR) is 108 cm³/mol. The fourth-order valence-corrected chi connectivity index (χ4v) is 3.59. The average Bonchev–Trinajstić information content (AvgIpc) is 2.72. The second-order valence-electron chi connectivity index (χ2n) is 7.32. The zero-order chi connectivity index (χ0) is 23.5. The fraction of sp³-hybridized carbons (Fsp3) is 0.364. The van der Waals surface area contributed by atoms with Gasteiger partial charge in [0.25, 0.3) is 0 Å². The van der Waals surface area contributed by atoms with Crippen LogP contribution in [0.15, 0.2) is 36.4 Å². The van der Waals surface area contributed by atoms with Crippen molar-refractivity contribution in [2.75, 3.05) is 26.3 Å². The Kier molecular flexibility index (Phi) is 7.40. The number of nitrogens with zero attached hydrogens (tertiary/aromatic N) is 1. The molecule has 1 heterocycles. The number of Topliss-reactive ketones (excluding diaryl/α,β-unsaturated/α-hetero) is 1. The van der Waals surface area contributed by atoms with E-state index >= 15 is 0 Å². The van der Waals surface area contributed by atoms with E-state index < -0.39 is 36.0 Å². The first-order valence-electron chi connectivity index (χ1n) is 9.73. The van der Waals surface area contributed by atoms with Gasteiger partial charge in [0, 0.05) is 11.6 Å². The van der Waals surface area contributed by atoms with Crippen LogP contribution in [0.5, 0.6) is 5.75 Å². The lowest BCUT2D eigenvalue weighted by Gasteiger charge is -2.33. The maximum Gasteiger partial charge on any atom is 0.416 e. The molecule has 0 spiro atoms. The molecule has 1 aliphatic rings. The minimum Gasteiger partial charge on any atom is -0.490 e. The van der Waals surface area contributed by atoms with E-state index in [1.165, 1.54) is 17.9 Å². The van der Waals surface area contributed by atoms with E-state index in [0.717, 1.165) is 30.3 Å². The molecular formula is C22H20ClF4NO4. The van der Waals surface area contributed by atoms with Crippen molar-refractivity contribution in [1.82, 2.24) is 4.90 Å². The third-order valence-corrected chi connectivity index (χ3v) is 5.19. The molecule has 2 aromatic rings. The first-order chi connectivity index (χ1) is 15.0. The minimum atomic E-state index is -4.61. The monoisotopic (exact) mass is 473 g/mol. The highest BCUT2D eigenvalue weighted by molar-refractivity contribution is 6.30. The zero-order valence-corrected chi connectivity index (χ0v) is 17.8. The number of ketones is 1. The van der Waals surface area contributed by atoms with Crippen molar-refractivity contribution in [3.05, 3.63) is 63.9 Å². The van der Waals surface area contributed by atoms with Crippen LogP contribution in [0.25, 0.3) is 0 Å². The molecule has 3 rings (SSSR count). The van der Waals surface area contributed by atoms with E-state index in [-0.39, 0.29) is 54.0 Å². The predicted octanol–water partition coefficient (Wildman–Crippen LogP) is 4.55. The van der Waals surface area contributed by atoms with Crippen molar-refractivity contribution in [1.29, 1.82) is 0 Å². The highest BCUT2D eigenvalue weighted by atomic mass is 35.5. The molecule has 2 aromatic carbocycles. The molecule has 32 heavy (non-hydrogen) atoms. The molecule has 0 aliphatic carbocycles. The number of hydrogen-bond donors (Lipinski definition) is 0. The van der Waals surface area contributed by atoms with Gasteiger partial charge in [-0.2, -0.15) is 13.2 Å². The Balaban J connectivity index is 1.65. The Hall–Kier alpha value is -2.65. The largest absolute Gasteiger partial charge is 0.490 e. The second-order valence-corrected chi connectivity index (χ2v) is 7.75. The Morgan fingerprint density at radius 3 is 2.66 bits per heavy atom. The molecule has 172 valence electrons. The van der Waals surface area contributed by atoms with Gasteiger partial charge in [-0.15, -0.1) is 0 Å². The Morgan fingerprint density at radius 1 is 1.22 bits per heavy atom. The maximum atomic E-state index is 13.4. The van der Waals surface area contributed by atoms with Crippen LogP contribution in [-0.2, 0) is 22.1 Å². The number of morpholine rings is 1. The highest BCUT2D eigenvalue weighted by Gasteiger charge is 2.34. The van der Waals surface area contributed by atoms with E-state index in [4.69, 9.17) is 21.1 Å². The highest BCUT2D eigenvalue weighted by Crippen LogP contribution is 2.34. The van der Waals surface area contributed by atoms with Gasteiger partial charge in [-0.05, 0) is 48.9 Å². The minimum absolute atomic E-state index is 0.0271. The van der Waals surface area contributed by atoms with Crippen LogP contribution in [0.2, 0.25) is 5.02 Å². The summed E-state index contributed by atoms with van der Waals surface area (Å²) in [6, 6.07) is 6.68. The van der Waals surface area contributed by atoms with Crippen LogP contribution < -0.4 is 4.74 Å². The van der Waals surface area contributed by atoms with Gasteiger partial charge in [-0.3, -0.25) is 9.59 Å². The number of hydrogen-bond acceptors (Lipinski definition) is 4. The molecule has 1 saturated heterocycles. The van der Waals surface area contributed by atoms with Crippen LogP contribution in [0.4, 0.5) is 17.6 Å². The van der Waals surface area contributed by atoms with Crippen LogP contribution in [0.3, 0.4) is 0 Å². The lowest BCUT2D eigenvalue weighted by molar-refractivity contribution is -0.141. The third-order valence-electron chi connectivity index (χ3n) is 4.95. The summed E-state index contributed by atoms with van der Waals surface area (Å²) in [4.78, 5) is 25.8. The molecule has 1 amide bonds. The average molecular weight is 474 g/mol. The summed E-state index contributed by atoms with van der Waals surface area (Å²) in [6.07, 6.45) is -5.64. The molecular weight excluding hydrogens is 454 g/mol. The number of alkyl halides is 3. The maximum absolute atomic E-state index is 13.4. The topological polar surface area (TPSA) is 55.8 Å². The van der Waals surface area contributed by atoms with Crippen LogP contribution in [0.1, 0.15) is 28.4 Å². The van der Waals surface area contributed by atoms with E-state index in [1.807, 2.05) is 0 Å². The zero-order valence-electron chi connectivity index (χ0n) is 17.0. The quantitative estimate of drug-likeness (QED) is 0.456. The normalized spacial score (nSPS) is 16.7. The number of amides is 1. The van der Waals surface area contributed by atoms with Gasteiger partial charge in [-0.25, -0.2) is 4.39 Å². The van der Waals surface area contributed by atoms with E-state index in [2.05, 4.69) is 0 Å². The Labute approximate surface area is 186 Å². The van der Waals surface area contributed by atoms with Crippen molar-refractivity contribution < 1.29 is 36.6 Å². The van der Waals surface area contributed by atoms with Gasteiger partial charge in [-0.1, -0.05) is 11.6 Å². The second kappa shape index (κ2) is 9.87. The van der Waals surface area contributed by atoms with Gasteiger partial charge in [0.2, 0.25) is 5.91 Å². The first-order valence-corrected chi connectivity index (χ1v) is 10.1. The lowest BCUT2D eigenvalue weighted by atomic mass is 10.0. The van der Waals surface area contributed by atoms with Crippen LogP contribution in [-0.4, -0.2) is 49.0 Å². The summed E-state index contributed by atoms with van der Waals surface area (Å²) in [5, 5.41) is 0.106. The SMILES string of the molecule is CC(=O)c1cc(F)ccc1OCC1CN(C(=O)Cc2cc(Cl)ccc2C(F)(F)F)CCO1. The van der Waals surface area contributed by atoms with Crippen molar-refractivity contribution in [2.24, 2.45) is 0 Å². The molecule has 0 N–H and O–H groups in total. The van der Waals surface area contributed by atoms with Crippen LogP contribution >= 0.6 is 11.6 Å². The molecule has 10 heteroatoms. The summed E-state index contributed by atoms with van der Waals surface area (Å²) in [7, 11) is 0. The molecule has 0 bridgehead atoms. The van der Waals surface area contributed by atoms with Crippen molar-refractivity contribution >= 4 is 23.3 Å². The summed E-state index contributed by atoms with van der Waals surface area (Å²) < 4.78 is 64.3. The molecule has 5 nitrogen and oxygen atoms in total. The first kappa shape index (κ1) is 24.0. The van der Waals surface area contributed by atoms with Crippen molar-refractivity contribution in [3.8, 4) is 5.75 Å². The number of halogens is 5. The van der Waals surface area contributed by atoms with Gasteiger partial charge in [0.05, 0.1) is 30.7 Å². The van der Waals surface area contributed by atoms with E-state index in [0.29, 0.717) is 0 Å². The van der Waals surface area contributed by atoms with E-state index in [1.54, 1.807) is 0 Å².